The number of rotatable bonds is 3. The summed E-state index contributed by atoms with van der Waals surface area (Å²) in [6.07, 6.45) is 0. The van der Waals surface area contributed by atoms with E-state index in [1.54, 1.807) is 0 Å². The number of hydrogen-bond donors (Lipinski definition) is 1. The van der Waals surface area contributed by atoms with Crippen molar-refractivity contribution in [3.63, 3.8) is 0 Å². The molecule has 0 heterocycles. The first-order valence-corrected chi connectivity index (χ1v) is 10.8. The van der Waals surface area contributed by atoms with Crippen molar-refractivity contribution in [2.45, 2.75) is 53.3 Å². The quantitative estimate of drug-likeness (QED) is 0.777. The van der Waals surface area contributed by atoms with Gasteiger partial charge in [0.2, 0.25) is 0 Å². The third-order valence-corrected chi connectivity index (χ3v) is 18.6. The van der Waals surface area contributed by atoms with Gasteiger partial charge in [0, 0.05) is 0 Å². The van der Waals surface area contributed by atoms with Gasteiger partial charge in [-0.15, -0.1) is 0 Å². The van der Waals surface area contributed by atoms with Crippen molar-refractivity contribution in [3.8, 4) is 0 Å². The van der Waals surface area contributed by atoms with E-state index in [9.17, 15) is 3.44 Å². The summed E-state index contributed by atoms with van der Waals surface area (Å²) in [4.78, 5) is 0. The molecule has 0 aromatic carbocycles. The molecule has 0 aliphatic rings. The van der Waals surface area contributed by atoms with Gasteiger partial charge >= 0.3 is 75.6 Å². The third-order valence-electron chi connectivity index (χ3n) is 2.77. The Morgan fingerprint density at radius 2 is 0.909 bits per heavy atom. The Balaban J connectivity index is 4.53. The van der Waals surface area contributed by atoms with Gasteiger partial charge in [-0.25, -0.2) is 0 Å². The average Bonchev–Trinajstić information content (AvgIpc) is 1.84. The maximum atomic E-state index is 10.5. The molecule has 0 atom stereocenters. The fourth-order valence-corrected chi connectivity index (χ4v) is 13.4. The summed E-state index contributed by atoms with van der Waals surface area (Å²) in [5.41, 5.74) is 0. The van der Waals surface area contributed by atoms with Crippen molar-refractivity contribution >= 4 is 18.8 Å². The third kappa shape index (κ3) is 2.35. The van der Waals surface area contributed by atoms with Crippen LogP contribution in [0.2, 0.25) is 11.8 Å². The second kappa shape index (κ2) is 4.13. The molecule has 0 bridgehead atoms. The van der Waals surface area contributed by atoms with Crippen LogP contribution in [0.1, 0.15) is 41.5 Å². The van der Waals surface area contributed by atoms with E-state index < -0.39 is 18.8 Å². The first-order chi connectivity index (χ1) is 4.83. The Kier molecular flexibility index (Phi) is 4.41. The maximum absolute atomic E-state index is 10.5. The van der Waals surface area contributed by atoms with E-state index in [0.29, 0.717) is 11.8 Å². The molecule has 0 radical (unpaired) electrons. The van der Waals surface area contributed by atoms with E-state index >= 15 is 0 Å². The van der Waals surface area contributed by atoms with Crippen LogP contribution in [0.25, 0.3) is 0 Å². The molecule has 0 fully saturated rings. The average molecular weight is 265 g/mol. The Morgan fingerprint density at radius 1 is 0.727 bits per heavy atom. The Bertz CT molecular complexity index is 97.0. The van der Waals surface area contributed by atoms with Gasteiger partial charge in [-0.05, 0) is 0 Å². The molecular formula is C9H22OSn. The molecule has 0 amide bonds. The molecule has 0 spiro atoms. The van der Waals surface area contributed by atoms with Crippen molar-refractivity contribution in [1.82, 2.24) is 0 Å². The van der Waals surface area contributed by atoms with Crippen molar-refractivity contribution in [2.75, 3.05) is 0 Å². The van der Waals surface area contributed by atoms with Crippen LogP contribution in [0.15, 0.2) is 0 Å². The van der Waals surface area contributed by atoms with Crippen LogP contribution in [0.3, 0.4) is 0 Å². The van der Waals surface area contributed by atoms with E-state index in [0.717, 1.165) is 0 Å². The van der Waals surface area contributed by atoms with Gasteiger partial charge in [-0.3, -0.25) is 0 Å². The fraction of sp³-hybridized carbons (Fsp3) is 1.00. The second-order valence-electron chi connectivity index (χ2n) is 4.35. The summed E-state index contributed by atoms with van der Waals surface area (Å²) in [5.74, 6) is 0. The Labute approximate surface area is 75.6 Å². The molecule has 0 rings (SSSR count). The molecule has 0 saturated heterocycles. The van der Waals surface area contributed by atoms with Gasteiger partial charge < -0.3 is 0 Å². The fourth-order valence-electron chi connectivity index (χ4n) is 2.00. The van der Waals surface area contributed by atoms with Crippen LogP contribution in [-0.4, -0.2) is 22.2 Å². The van der Waals surface area contributed by atoms with E-state index in [1.807, 2.05) is 0 Å². The number of hydrogen-bond acceptors (Lipinski definition) is 1. The molecule has 0 unspecified atom stereocenters. The topological polar surface area (TPSA) is 20.2 Å². The SMILES string of the molecule is C[CH](C)[Sn]([OH])([CH](C)C)[CH](C)C. The molecule has 1 N–H and O–H groups in total. The molecule has 11 heavy (non-hydrogen) atoms. The van der Waals surface area contributed by atoms with Crippen molar-refractivity contribution < 1.29 is 3.44 Å². The van der Waals surface area contributed by atoms with E-state index in [1.165, 1.54) is 0 Å². The van der Waals surface area contributed by atoms with E-state index in [-0.39, 0.29) is 0 Å². The zero-order chi connectivity index (χ0) is 9.23. The van der Waals surface area contributed by atoms with Gasteiger partial charge in [0.15, 0.2) is 0 Å². The minimum absolute atomic E-state index is 0.546. The van der Waals surface area contributed by atoms with Crippen LogP contribution in [-0.2, 0) is 0 Å². The molecule has 0 saturated carbocycles. The van der Waals surface area contributed by atoms with Crippen LogP contribution < -0.4 is 0 Å². The van der Waals surface area contributed by atoms with Gasteiger partial charge in [0.25, 0.3) is 0 Å². The summed E-state index contributed by atoms with van der Waals surface area (Å²) in [6, 6.07) is 0. The zero-order valence-electron chi connectivity index (χ0n) is 8.68. The molecule has 1 nitrogen and oxygen atoms in total. The summed E-state index contributed by atoms with van der Waals surface area (Å²) in [7, 11) is 0. The monoisotopic (exact) mass is 266 g/mol. The molecule has 0 aromatic rings. The van der Waals surface area contributed by atoms with Crippen LogP contribution in [0.4, 0.5) is 0 Å². The Hall–Kier alpha value is 0.759. The standard InChI is InChI=1S/3C3H7.H2O.Sn/c3*1-3-2;;/h3*3H,1-2H3;1H2;/q;;;;+1/p-1. The Morgan fingerprint density at radius 3 is 0.909 bits per heavy atom. The molecular weight excluding hydrogens is 243 g/mol. The first kappa shape index (κ1) is 11.8. The molecule has 2 heteroatoms. The first-order valence-electron chi connectivity index (χ1n) is 4.55. The van der Waals surface area contributed by atoms with Gasteiger partial charge in [0.1, 0.15) is 0 Å². The van der Waals surface area contributed by atoms with Gasteiger partial charge in [0.05, 0.1) is 0 Å². The molecule has 68 valence electrons. The van der Waals surface area contributed by atoms with Crippen LogP contribution in [0, 0.1) is 0 Å². The molecule has 0 aromatic heterocycles. The predicted molar refractivity (Wildman–Crippen MR) is 53.3 cm³/mol. The van der Waals surface area contributed by atoms with E-state index in [4.69, 9.17) is 0 Å². The summed E-state index contributed by atoms with van der Waals surface area (Å²) >= 11 is -2.74. The van der Waals surface area contributed by atoms with Crippen LogP contribution in [0.5, 0.6) is 0 Å². The summed E-state index contributed by atoms with van der Waals surface area (Å²) < 4.78 is 12.1. The van der Waals surface area contributed by atoms with Crippen molar-refractivity contribution in [1.29, 1.82) is 0 Å². The zero-order valence-corrected chi connectivity index (χ0v) is 11.5. The summed E-state index contributed by atoms with van der Waals surface area (Å²) in [5, 5.41) is 0. The van der Waals surface area contributed by atoms with Crippen molar-refractivity contribution in [2.24, 2.45) is 0 Å². The van der Waals surface area contributed by atoms with Gasteiger partial charge in [-0.2, -0.15) is 0 Å². The van der Waals surface area contributed by atoms with E-state index in [2.05, 4.69) is 41.5 Å². The minimum atomic E-state index is -2.74. The second-order valence-corrected chi connectivity index (χ2v) is 19.3. The molecule has 0 aliphatic heterocycles. The normalized spacial score (nSPS) is 13.6. The molecule has 0 aliphatic carbocycles. The predicted octanol–water partition coefficient (Wildman–Crippen LogP) is 3.15. The summed E-state index contributed by atoms with van der Waals surface area (Å²) in [6.45, 7) is 13.1. The van der Waals surface area contributed by atoms with Gasteiger partial charge in [-0.1, -0.05) is 0 Å². The van der Waals surface area contributed by atoms with Crippen LogP contribution >= 0.6 is 0 Å². The van der Waals surface area contributed by atoms with Crippen molar-refractivity contribution in [3.05, 3.63) is 0 Å².